The number of aryl methyl sites for hydroxylation is 1. The zero-order valence-electron chi connectivity index (χ0n) is 21.1. The summed E-state index contributed by atoms with van der Waals surface area (Å²) in [5, 5.41) is 14.0. The Morgan fingerprint density at radius 2 is 1.68 bits per heavy atom. The number of nitrogens with zero attached hydrogens (tertiary/aromatic N) is 3. The molecule has 1 aliphatic heterocycles. The number of nitro benzene ring substituents is 1. The number of amides is 2. The summed E-state index contributed by atoms with van der Waals surface area (Å²) in [5.41, 5.74) is 3.82. The average Bonchev–Trinajstić information content (AvgIpc) is 3.42. The molecule has 8 heteroatoms. The van der Waals surface area contributed by atoms with Gasteiger partial charge in [-0.15, -0.1) is 0 Å². The highest BCUT2D eigenvalue weighted by molar-refractivity contribution is 6.06. The van der Waals surface area contributed by atoms with Crippen LogP contribution in [0, 0.1) is 17.0 Å². The maximum atomic E-state index is 13.6. The van der Waals surface area contributed by atoms with Crippen LogP contribution in [0.1, 0.15) is 39.9 Å². The summed E-state index contributed by atoms with van der Waals surface area (Å²) in [6.45, 7) is 6.00. The molecular formula is C29H32N4O4. The fourth-order valence-electron chi connectivity index (χ4n) is 4.48. The van der Waals surface area contributed by atoms with Gasteiger partial charge in [0.2, 0.25) is 5.91 Å². The monoisotopic (exact) mass is 500 g/mol. The Kier molecular flexibility index (Phi) is 8.64. The molecule has 8 nitrogen and oxygen atoms in total. The van der Waals surface area contributed by atoms with Gasteiger partial charge < -0.3 is 15.1 Å². The van der Waals surface area contributed by atoms with Crippen molar-refractivity contribution in [1.82, 2.24) is 10.2 Å². The fourth-order valence-corrected chi connectivity index (χ4v) is 4.48. The van der Waals surface area contributed by atoms with Gasteiger partial charge in [-0.2, -0.15) is 0 Å². The number of hydrogen-bond donors (Lipinski definition) is 1. The SMILES string of the molecule is Cc1ccc(CN(C(=O)c2ccc([N+](=O)[O-])cc2)c2cccc(CC(=O)NCCN3CCCC3)c2)cc1. The Labute approximate surface area is 217 Å². The second kappa shape index (κ2) is 12.3. The van der Waals surface area contributed by atoms with E-state index in [1.807, 2.05) is 55.5 Å². The van der Waals surface area contributed by atoms with E-state index in [1.54, 1.807) is 4.90 Å². The Morgan fingerprint density at radius 1 is 0.973 bits per heavy atom. The van der Waals surface area contributed by atoms with Gasteiger partial charge in [0.1, 0.15) is 0 Å². The molecular weight excluding hydrogens is 468 g/mol. The summed E-state index contributed by atoms with van der Waals surface area (Å²) in [7, 11) is 0. The zero-order valence-corrected chi connectivity index (χ0v) is 21.1. The third-order valence-corrected chi connectivity index (χ3v) is 6.57. The molecule has 3 aromatic carbocycles. The van der Waals surface area contributed by atoms with Gasteiger partial charge in [0, 0.05) is 36.5 Å². The molecule has 2 amide bonds. The first kappa shape index (κ1) is 26.0. The first-order valence-corrected chi connectivity index (χ1v) is 12.6. The van der Waals surface area contributed by atoms with Crippen molar-refractivity contribution < 1.29 is 14.5 Å². The van der Waals surface area contributed by atoms with E-state index in [0.29, 0.717) is 24.3 Å². The summed E-state index contributed by atoms with van der Waals surface area (Å²) in [5.74, 6) is -0.328. The van der Waals surface area contributed by atoms with Gasteiger partial charge in [0.05, 0.1) is 17.9 Å². The van der Waals surface area contributed by atoms with E-state index >= 15 is 0 Å². The van der Waals surface area contributed by atoms with Crippen molar-refractivity contribution in [3.63, 3.8) is 0 Å². The number of hydrogen-bond acceptors (Lipinski definition) is 5. The quantitative estimate of drug-likeness (QED) is 0.327. The van der Waals surface area contributed by atoms with Gasteiger partial charge >= 0.3 is 0 Å². The van der Waals surface area contributed by atoms with Crippen molar-refractivity contribution in [2.75, 3.05) is 31.1 Å². The predicted octanol–water partition coefficient (Wildman–Crippen LogP) is 4.50. The molecule has 192 valence electrons. The molecule has 0 atom stereocenters. The highest BCUT2D eigenvalue weighted by atomic mass is 16.6. The third-order valence-electron chi connectivity index (χ3n) is 6.57. The van der Waals surface area contributed by atoms with Crippen molar-refractivity contribution in [1.29, 1.82) is 0 Å². The van der Waals surface area contributed by atoms with Crippen LogP contribution in [0.15, 0.2) is 72.8 Å². The lowest BCUT2D eigenvalue weighted by Gasteiger charge is -2.24. The highest BCUT2D eigenvalue weighted by Gasteiger charge is 2.20. The first-order chi connectivity index (χ1) is 17.9. The summed E-state index contributed by atoms with van der Waals surface area (Å²) in [6, 6.07) is 21.0. The maximum Gasteiger partial charge on any atom is 0.269 e. The summed E-state index contributed by atoms with van der Waals surface area (Å²) >= 11 is 0. The summed E-state index contributed by atoms with van der Waals surface area (Å²) in [4.78, 5) is 40.7. The molecule has 0 saturated carbocycles. The van der Waals surface area contributed by atoms with Crippen molar-refractivity contribution in [3.05, 3.63) is 105 Å². The molecule has 1 saturated heterocycles. The number of nitrogens with one attached hydrogen (secondary N) is 1. The van der Waals surface area contributed by atoms with E-state index in [1.165, 1.54) is 37.1 Å². The molecule has 1 N–H and O–H groups in total. The van der Waals surface area contributed by atoms with Crippen LogP contribution in [0.3, 0.4) is 0 Å². The van der Waals surface area contributed by atoms with Gasteiger partial charge in [-0.3, -0.25) is 19.7 Å². The van der Waals surface area contributed by atoms with E-state index in [9.17, 15) is 19.7 Å². The number of non-ortho nitro benzene ring substituents is 1. The molecule has 0 aromatic heterocycles. The van der Waals surface area contributed by atoms with Gasteiger partial charge in [0.25, 0.3) is 11.6 Å². The van der Waals surface area contributed by atoms with Crippen LogP contribution in [-0.2, 0) is 17.8 Å². The van der Waals surface area contributed by atoms with Crippen LogP contribution >= 0.6 is 0 Å². The summed E-state index contributed by atoms with van der Waals surface area (Å²) < 4.78 is 0. The average molecular weight is 501 g/mol. The molecule has 0 spiro atoms. The number of likely N-dealkylation sites (tertiary alicyclic amines) is 1. The number of nitro groups is 1. The van der Waals surface area contributed by atoms with E-state index in [2.05, 4.69) is 10.2 Å². The van der Waals surface area contributed by atoms with Crippen molar-refractivity contribution in [3.8, 4) is 0 Å². The second-order valence-electron chi connectivity index (χ2n) is 9.43. The number of carbonyl (C=O) groups excluding carboxylic acids is 2. The highest BCUT2D eigenvalue weighted by Crippen LogP contribution is 2.23. The Bertz CT molecular complexity index is 1240. The molecule has 4 rings (SSSR count). The third kappa shape index (κ3) is 7.24. The minimum atomic E-state index is -0.488. The Hall–Kier alpha value is -4.04. The Balaban J connectivity index is 1.51. The number of rotatable bonds is 10. The lowest BCUT2D eigenvalue weighted by molar-refractivity contribution is -0.384. The standard InChI is InChI=1S/C29H32N4O4/c1-22-7-9-23(10-8-22)21-32(29(35)25-11-13-26(14-12-25)33(36)37)27-6-4-5-24(19-27)20-28(34)30-15-18-31-16-2-3-17-31/h4-14,19H,2-3,15-18,20-21H2,1H3,(H,30,34). The van der Waals surface area contributed by atoms with Crippen molar-refractivity contribution in [2.45, 2.75) is 32.7 Å². The second-order valence-corrected chi connectivity index (χ2v) is 9.43. The molecule has 0 aliphatic carbocycles. The topological polar surface area (TPSA) is 95.8 Å². The molecule has 0 unspecified atom stereocenters. The molecule has 0 radical (unpaired) electrons. The largest absolute Gasteiger partial charge is 0.355 e. The van der Waals surface area contributed by atoms with Gasteiger partial charge in [-0.1, -0.05) is 42.0 Å². The Morgan fingerprint density at radius 3 is 2.35 bits per heavy atom. The summed E-state index contributed by atoms with van der Waals surface area (Å²) in [6.07, 6.45) is 2.66. The lowest BCUT2D eigenvalue weighted by Crippen LogP contribution is -2.34. The molecule has 0 bridgehead atoms. The molecule has 1 fully saturated rings. The van der Waals surface area contributed by atoms with Crippen molar-refractivity contribution >= 4 is 23.2 Å². The maximum absolute atomic E-state index is 13.6. The molecule has 3 aromatic rings. The number of benzene rings is 3. The van der Waals surface area contributed by atoms with E-state index in [-0.39, 0.29) is 23.9 Å². The van der Waals surface area contributed by atoms with Crippen LogP contribution in [0.5, 0.6) is 0 Å². The lowest BCUT2D eigenvalue weighted by atomic mass is 10.1. The minimum absolute atomic E-state index is 0.0527. The zero-order chi connectivity index (χ0) is 26.2. The normalized spacial score (nSPS) is 13.3. The number of carbonyl (C=O) groups is 2. The van der Waals surface area contributed by atoms with E-state index in [0.717, 1.165) is 36.3 Å². The van der Waals surface area contributed by atoms with E-state index < -0.39 is 4.92 Å². The van der Waals surface area contributed by atoms with Gasteiger partial charge in [0.15, 0.2) is 0 Å². The molecule has 1 heterocycles. The molecule has 37 heavy (non-hydrogen) atoms. The van der Waals surface area contributed by atoms with Crippen LogP contribution in [0.2, 0.25) is 0 Å². The smallest absolute Gasteiger partial charge is 0.269 e. The van der Waals surface area contributed by atoms with E-state index in [4.69, 9.17) is 0 Å². The predicted molar refractivity (Wildman–Crippen MR) is 144 cm³/mol. The van der Waals surface area contributed by atoms with Crippen LogP contribution in [0.25, 0.3) is 0 Å². The number of anilines is 1. The van der Waals surface area contributed by atoms with Gasteiger partial charge in [-0.05, 0) is 68.2 Å². The van der Waals surface area contributed by atoms with Crippen molar-refractivity contribution in [2.24, 2.45) is 0 Å². The first-order valence-electron chi connectivity index (χ1n) is 12.6. The van der Waals surface area contributed by atoms with Crippen LogP contribution in [-0.4, -0.2) is 47.8 Å². The molecule has 1 aliphatic rings. The van der Waals surface area contributed by atoms with Gasteiger partial charge in [-0.25, -0.2) is 0 Å². The van der Waals surface area contributed by atoms with Crippen LogP contribution in [0.4, 0.5) is 11.4 Å². The fraction of sp³-hybridized carbons (Fsp3) is 0.310. The van der Waals surface area contributed by atoms with Crippen LogP contribution < -0.4 is 10.2 Å². The minimum Gasteiger partial charge on any atom is -0.355 e.